The molecule has 0 fully saturated rings. The van der Waals surface area contributed by atoms with E-state index in [2.05, 4.69) is 27.3 Å². The molecule has 3 aromatic rings. The van der Waals surface area contributed by atoms with Crippen LogP contribution in [0.25, 0.3) is 16.6 Å². The standard InChI is InChI=1S/C24H25N3O4/c1-15-11-17(20-5-3-4-6-22(20)26-15)14-30-18-9-7-16(8-10-18)23-13-19(31-27-23)12-21(25)24(28)29-2/h3-11,13,19,21,27H,12,14,25H2,1-2H3. The van der Waals surface area contributed by atoms with Crippen LogP contribution in [0.4, 0.5) is 0 Å². The first-order chi connectivity index (χ1) is 15.0. The monoisotopic (exact) mass is 419 g/mol. The van der Waals surface area contributed by atoms with Gasteiger partial charge in [0.25, 0.3) is 0 Å². The number of nitrogens with one attached hydrogen (secondary N) is 1. The second kappa shape index (κ2) is 9.16. The molecule has 0 bridgehead atoms. The summed E-state index contributed by atoms with van der Waals surface area (Å²) in [6.45, 7) is 2.45. The molecule has 4 rings (SSSR count). The van der Waals surface area contributed by atoms with Crippen molar-refractivity contribution in [1.29, 1.82) is 0 Å². The highest BCUT2D eigenvalue weighted by molar-refractivity contribution is 5.82. The maximum atomic E-state index is 11.5. The Kier molecular flexibility index (Phi) is 6.16. The van der Waals surface area contributed by atoms with Crippen molar-refractivity contribution in [2.45, 2.75) is 32.1 Å². The second-order valence-electron chi connectivity index (χ2n) is 7.46. The lowest BCUT2D eigenvalue weighted by Crippen LogP contribution is -2.35. The van der Waals surface area contributed by atoms with Gasteiger partial charge in [0.05, 0.1) is 18.3 Å². The molecule has 1 aliphatic rings. The first-order valence-electron chi connectivity index (χ1n) is 10.1. The van der Waals surface area contributed by atoms with Gasteiger partial charge in [-0.1, -0.05) is 18.2 Å². The van der Waals surface area contributed by atoms with Crippen molar-refractivity contribution in [3.8, 4) is 5.75 Å². The van der Waals surface area contributed by atoms with E-state index in [4.69, 9.17) is 15.3 Å². The van der Waals surface area contributed by atoms with Crippen LogP contribution < -0.4 is 16.0 Å². The van der Waals surface area contributed by atoms with Crippen LogP contribution in [0, 0.1) is 6.92 Å². The summed E-state index contributed by atoms with van der Waals surface area (Å²) in [6, 6.07) is 17.1. The van der Waals surface area contributed by atoms with Crippen molar-refractivity contribution in [3.63, 3.8) is 0 Å². The highest BCUT2D eigenvalue weighted by Crippen LogP contribution is 2.24. The van der Waals surface area contributed by atoms with E-state index in [0.29, 0.717) is 13.0 Å². The Morgan fingerprint density at radius 3 is 2.77 bits per heavy atom. The number of para-hydroxylation sites is 1. The number of nitrogens with zero attached hydrogens (tertiary/aromatic N) is 1. The third kappa shape index (κ3) is 4.84. The first kappa shape index (κ1) is 20.8. The van der Waals surface area contributed by atoms with Crippen LogP contribution in [0.5, 0.6) is 5.75 Å². The van der Waals surface area contributed by atoms with Crippen LogP contribution >= 0.6 is 0 Å². The fourth-order valence-electron chi connectivity index (χ4n) is 3.57. The number of carbonyl (C=O) groups is 1. The summed E-state index contributed by atoms with van der Waals surface area (Å²) in [4.78, 5) is 21.6. The molecule has 160 valence electrons. The average Bonchev–Trinajstić information content (AvgIpc) is 3.25. The van der Waals surface area contributed by atoms with Crippen LogP contribution in [0.2, 0.25) is 0 Å². The summed E-state index contributed by atoms with van der Waals surface area (Å²) in [5, 5.41) is 1.10. The number of esters is 1. The van der Waals surface area contributed by atoms with Crippen LogP contribution in [0.15, 0.2) is 60.7 Å². The molecule has 7 heteroatoms. The zero-order chi connectivity index (χ0) is 21.8. The smallest absolute Gasteiger partial charge is 0.322 e. The number of fused-ring (bicyclic) bond motifs is 1. The van der Waals surface area contributed by atoms with Crippen LogP contribution in [0.1, 0.15) is 23.2 Å². The molecule has 0 saturated carbocycles. The van der Waals surface area contributed by atoms with Gasteiger partial charge in [0, 0.05) is 23.1 Å². The third-order valence-corrected chi connectivity index (χ3v) is 5.15. The largest absolute Gasteiger partial charge is 0.489 e. The molecule has 2 unspecified atom stereocenters. The van der Waals surface area contributed by atoms with Gasteiger partial charge >= 0.3 is 5.97 Å². The number of hydrogen-bond donors (Lipinski definition) is 2. The topological polar surface area (TPSA) is 95.7 Å². The second-order valence-corrected chi connectivity index (χ2v) is 7.46. The SMILES string of the molecule is COC(=O)C(N)CC1C=C(c2ccc(OCc3cc(C)nc4ccccc34)cc2)NO1. The molecular formula is C24H25N3O4. The van der Waals surface area contributed by atoms with Gasteiger partial charge in [-0.05, 0) is 55.0 Å². The highest BCUT2D eigenvalue weighted by Gasteiger charge is 2.24. The maximum Gasteiger partial charge on any atom is 0.322 e. The van der Waals surface area contributed by atoms with E-state index >= 15 is 0 Å². The van der Waals surface area contributed by atoms with E-state index in [0.717, 1.165) is 39.2 Å². The van der Waals surface area contributed by atoms with Gasteiger partial charge in [0.1, 0.15) is 24.5 Å². The Morgan fingerprint density at radius 1 is 1.23 bits per heavy atom. The fourth-order valence-corrected chi connectivity index (χ4v) is 3.57. The van der Waals surface area contributed by atoms with Gasteiger partial charge in [-0.2, -0.15) is 0 Å². The summed E-state index contributed by atoms with van der Waals surface area (Å²) in [6.07, 6.45) is 1.94. The molecule has 2 atom stereocenters. The molecule has 0 saturated heterocycles. The number of benzene rings is 2. The minimum atomic E-state index is -0.726. The Bertz CT molecular complexity index is 1110. The molecule has 0 aliphatic carbocycles. The van der Waals surface area contributed by atoms with E-state index in [-0.39, 0.29) is 6.10 Å². The number of aryl methyl sites for hydroxylation is 1. The first-order valence-corrected chi connectivity index (χ1v) is 10.1. The highest BCUT2D eigenvalue weighted by atomic mass is 16.7. The molecule has 3 N–H and O–H groups in total. The van der Waals surface area contributed by atoms with Gasteiger partial charge in [0.2, 0.25) is 0 Å². The van der Waals surface area contributed by atoms with Gasteiger partial charge in [-0.15, -0.1) is 0 Å². The molecule has 1 aromatic heterocycles. The predicted molar refractivity (Wildman–Crippen MR) is 118 cm³/mol. The summed E-state index contributed by atoms with van der Waals surface area (Å²) in [5.41, 5.74) is 13.5. The minimum Gasteiger partial charge on any atom is -0.489 e. The molecule has 0 amide bonds. The number of hydrogen-bond acceptors (Lipinski definition) is 7. The summed E-state index contributed by atoms with van der Waals surface area (Å²) in [5.74, 6) is 0.315. The number of methoxy groups -OCH3 is 1. The lowest BCUT2D eigenvalue weighted by atomic mass is 10.1. The Labute approximate surface area is 180 Å². The van der Waals surface area contributed by atoms with Gasteiger partial charge in [-0.3, -0.25) is 20.1 Å². The van der Waals surface area contributed by atoms with E-state index in [1.807, 2.05) is 55.5 Å². The predicted octanol–water partition coefficient (Wildman–Crippen LogP) is 3.26. The van der Waals surface area contributed by atoms with Crippen LogP contribution in [-0.2, 0) is 21.0 Å². The van der Waals surface area contributed by atoms with Gasteiger partial charge < -0.3 is 15.2 Å². The summed E-state index contributed by atoms with van der Waals surface area (Å²) < 4.78 is 10.7. The number of pyridine rings is 1. The molecule has 2 aromatic carbocycles. The Hall–Kier alpha value is -3.42. The average molecular weight is 419 g/mol. The molecule has 2 heterocycles. The molecule has 0 spiro atoms. The molecule has 31 heavy (non-hydrogen) atoms. The summed E-state index contributed by atoms with van der Waals surface area (Å²) >= 11 is 0. The number of hydroxylamine groups is 1. The van der Waals surface area contributed by atoms with Crippen LogP contribution in [-0.4, -0.2) is 30.2 Å². The van der Waals surface area contributed by atoms with Gasteiger partial charge in [0.15, 0.2) is 0 Å². The van der Waals surface area contributed by atoms with Crippen molar-refractivity contribution < 1.29 is 19.1 Å². The van der Waals surface area contributed by atoms with Crippen molar-refractivity contribution in [2.24, 2.45) is 5.73 Å². The van der Waals surface area contributed by atoms with Crippen LogP contribution in [0.3, 0.4) is 0 Å². The quantitative estimate of drug-likeness (QED) is 0.568. The van der Waals surface area contributed by atoms with E-state index < -0.39 is 12.0 Å². The maximum absolute atomic E-state index is 11.5. The lowest BCUT2D eigenvalue weighted by Gasteiger charge is -2.12. The molecular weight excluding hydrogens is 394 g/mol. The van der Waals surface area contributed by atoms with E-state index in [1.165, 1.54) is 7.11 Å². The minimum absolute atomic E-state index is 0.303. The van der Waals surface area contributed by atoms with E-state index in [9.17, 15) is 4.79 Å². The number of nitrogens with two attached hydrogens (primary N) is 1. The van der Waals surface area contributed by atoms with Crippen molar-refractivity contribution in [3.05, 3.63) is 77.5 Å². The zero-order valence-electron chi connectivity index (χ0n) is 17.5. The van der Waals surface area contributed by atoms with Gasteiger partial charge in [-0.25, -0.2) is 0 Å². The molecule has 0 radical (unpaired) electrons. The lowest BCUT2D eigenvalue weighted by molar-refractivity contribution is -0.143. The van der Waals surface area contributed by atoms with E-state index in [1.54, 1.807) is 0 Å². The Balaban J connectivity index is 1.40. The molecule has 1 aliphatic heterocycles. The number of ether oxygens (including phenoxy) is 2. The number of aromatic nitrogens is 1. The fraction of sp³-hybridized carbons (Fsp3) is 0.250. The van der Waals surface area contributed by atoms with Crippen molar-refractivity contribution >= 4 is 22.6 Å². The number of rotatable bonds is 7. The number of carbonyl (C=O) groups excluding carboxylic acids is 1. The Morgan fingerprint density at radius 2 is 2.00 bits per heavy atom. The summed E-state index contributed by atoms with van der Waals surface area (Å²) in [7, 11) is 1.32. The van der Waals surface area contributed by atoms with Crippen molar-refractivity contribution in [2.75, 3.05) is 7.11 Å². The molecule has 7 nitrogen and oxygen atoms in total. The normalized spacial score (nSPS) is 16.5. The van der Waals surface area contributed by atoms with Crippen molar-refractivity contribution in [1.82, 2.24) is 10.5 Å². The zero-order valence-corrected chi connectivity index (χ0v) is 17.5. The third-order valence-electron chi connectivity index (χ3n) is 5.15.